The molecule has 0 atom stereocenters. The molecule has 0 aromatic carbocycles. The Morgan fingerprint density at radius 3 is 1.40 bits per heavy atom. The Hall–Kier alpha value is -0.0131. The first-order chi connectivity index (χ1) is 4.02. The Labute approximate surface area is 71.4 Å². The Kier molecular flexibility index (Phi) is 6.00. The third-order valence-corrected chi connectivity index (χ3v) is 3.98. The summed E-state index contributed by atoms with van der Waals surface area (Å²) in [4.78, 5) is 0. The van der Waals surface area contributed by atoms with Gasteiger partial charge in [0.1, 0.15) is 0 Å². The van der Waals surface area contributed by atoms with Crippen molar-refractivity contribution in [3.8, 4) is 0 Å². The van der Waals surface area contributed by atoms with Crippen molar-refractivity contribution in [1.82, 2.24) is 0 Å². The highest BCUT2D eigenvalue weighted by atomic mass is 35.5. The second-order valence-corrected chi connectivity index (χ2v) is 8.76. The Balaban J connectivity index is 0. The molecule has 0 rings (SSSR count). The lowest BCUT2D eigenvalue weighted by Crippen LogP contribution is -2.24. The molecule has 0 heterocycles. The van der Waals surface area contributed by atoms with Crippen molar-refractivity contribution in [3.63, 3.8) is 0 Å². The summed E-state index contributed by atoms with van der Waals surface area (Å²) < 4.78 is 0. The molecule has 0 radical (unpaired) electrons. The second kappa shape index (κ2) is 4.75. The van der Waals surface area contributed by atoms with Gasteiger partial charge >= 0.3 is 0 Å². The molecule has 2 heteroatoms. The van der Waals surface area contributed by atoms with Crippen molar-refractivity contribution in [2.75, 3.05) is 0 Å². The van der Waals surface area contributed by atoms with E-state index in [1.807, 2.05) is 12.2 Å². The van der Waals surface area contributed by atoms with Gasteiger partial charge in [0.25, 0.3) is 0 Å². The maximum absolute atomic E-state index is 3.76. The van der Waals surface area contributed by atoms with Crippen LogP contribution in [-0.2, 0) is 0 Å². The van der Waals surface area contributed by atoms with Gasteiger partial charge in [-0.3, -0.25) is 0 Å². The van der Waals surface area contributed by atoms with Gasteiger partial charge in [-0.15, -0.1) is 25.6 Å². The second-order valence-electron chi connectivity index (χ2n) is 3.36. The molecule has 0 aromatic heterocycles. The molecule has 0 unspecified atom stereocenters. The molecule has 0 N–H and O–H groups in total. The van der Waals surface area contributed by atoms with Crippen molar-refractivity contribution in [2.45, 2.75) is 25.2 Å². The van der Waals surface area contributed by atoms with E-state index in [0.29, 0.717) is 5.54 Å². The van der Waals surface area contributed by atoms with Gasteiger partial charge in [0.2, 0.25) is 0 Å². The average molecular weight is 177 g/mol. The minimum absolute atomic E-state index is 0. The van der Waals surface area contributed by atoms with Gasteiger partial charge in [-0.2, -0.15) is 0 Å². The third kappa shape index (κ3) is 3.91. The van der Waals surface area contributed by atoms with Gasteiger partial charge in [-0.25, -0.2) is 0 Å². The smallest absolute Gasteiger partial charge is 0.0557 e. The SMILES string of the molecule is C=CC(C=C)[Si](C)(C)C.Cl. The lowest BCUT2D eigenvalue weighted by molar-refractivity contribution is 1.28. The fraction of sp³-hybridized carbons (Fsp3) is 0.500. The van der Waals surface area contributed by atoms with Crippen molar-refractivity contribution in [1.29, 1.82) is 0 Å². The maximum Gasteiger partial charge on any atom is 0.0557 e. The number of halogens is 1. The summed E-state index contributed by atoms with van der Waals surface area (Å²) in [6.45, 7) is 14.5. The molecule has 0 aliphatic carbocycles. The molecule has 0 saturated heterocycles. The fourth-order valence-corrected chi connectivity index (χ4v) is 2.22. The molecule has 0 aliphatic rings. The van der Waals surface area contributed by atoms with Crippen molar-refractivity contribution in [2.24, 2.45) is 0 Å². The molecule has 10 heavy (non-hydrogen) atoms. The lowest BCUT2D eigenvalue weighted by atomic mass is 10.4. The monoisotopic (exact) mass is 176 g/mol. The van der Waals surface area contributed by atoms with Gasteiger partial charge in [0.05, 0.1) is 8.07 Å². The van der Waals surface area contributed by atoms with E-state index in [-0.39, 0.29) is 12.4 Å². The predicted octanol–water partition coefficient (Wildman–Crippen LogP) is 3.49. The molecule has 0 fully saturated rings. The highest BCUT2D eigenvalue weighted by Crippen LogP contribution is 2.22. The number of hydrogen-bond donors (Lipinski definition) is 0. The molecule has 0 saturated carbocycles. The van der Waals surface area contributed by atoms with Crippen molar-refractivity contribution >= 4 is 20.5 Å². The lowest BCUT2D eigenvalue weighted by Gasteiger charge is -2.21. The van der Waals surface area contributed by atoms with E-state index in [2.05, 4.69) is 32.8 Å². The quantitative estimate of drug-likeness (QED) is 0.456. The van der Waals surface area contributed by atoms with Crippen LogP contribution in [0.4, 0.5) is 0 Å². The summed E-state index contributed by atoms with van der Waals surface area (Å²) in [5.74, 6) is 0. The highest BCUT2D eigenvalue weighted by molar-refractivity contribution is 6.78. The van der Waals surface area contributed by atoms with Gasteiger partial charge < -0.3 is 0 Å². The zero-order valence-corrected chi connectivity index (χ0v) is 8.87. The standard InChI is InChI=1S/C8H16Si.ClH/c1-6-8(7-2)9(3,4)5;/h6-8H,1-2H2,3-5H3;1H. The first-order valence-corrected chi connectivity index (χ1v) is 6.85. The molecule has 0 aromatic rings. The van der Waals surface area contributed by atoms with E-state index in [4.69, 9.17) is 0 Å². The Bertz CT molecular complexity index is 105. The molecule has 0 amide bonds. The zero-order valence-electron chi connectivity index (χ0n) is 7.05. The van der Waals surface area contributed by atoms with Gasteiger partial charge in [-0.1, -0.05) is 31.8 Å². The minimum atomic E-state index is -1.02. The first-order valence-electron chi connectivity index (χ1n) is 3.27. The van der Waals surface area contributed by atoms with Crippen LogP contribution < -0.4 is 0 Å². The minimum Gasteiger partial charge on any atom is -0.147 e. The average Bonchev–Trinajstić information content (AvgIpc) is 1.65. The van der Waals surface area contributed by atoms with Gasteiger partial charge in [0.15, 0.2) is 0 Å². The molecule has 60 valence electrons. The molecule has 0 nitrogen and oxygen atoms in total. The van der Waals surface area contributed by atoms with Crippen LogP contribution in [0.15, 0.2) is 25.3 Å². The maximum atomic E-state index is 3.76. The summed E-state index contributed by atoms with van der Waals surface area (Å²) >= 11 is 0. The summed E-state index contributed by atoms with van der Waals surface area (Å²) in [6.07, 6.45) is 4.00. The van der Waals surface area contributed by atoms with Crippen molar-refractivity contribution in [3.05, 3.63) is 25.3 Å². The van der Waals surface area contributed by atoms with Crippen LogP contribution in [0.3, 0.4) is 0 Å². The van der Waals surface area contributed by atoms with Gasteiger partial charge in [-0.05, 0) is 5.54 Å². The molecule has 0 aliphatic heterocycles. The summed E-state index contributed by atoms with van der Waals surface area (Å²) in [5.41, 5.74) is 0.567. The van der Waals surface area contributed by atoms with E-state index in [9.17, 15) is 0 Å². The number of hydrogen-bond acceptors (Lipinski definition) is 0. The Morgan fingerprint density at radius 1 is 1.10 bits per heavy atom. The number of allylic oxidation sites excluding steroid dienone is 2. The van der Waals surface area contributed by atoms with E-state index in [0.717, 1.165) is 0 Å². The molecule has 0 spiro atoms. The fourth-order valence-electron chi connectivity index (χ4n) is 0.803. The summed E-state index contributed by atoms with van der Waals surface area (Å²) in [5, 5.41) is 0. The Morgan fingerprint density at radius 2 is 1.40 bits per heavy atom. The van der Waals surface area contributed by atoms with Gasteiger partial charge in [0, 0.05) is 0 Å². The van der Waals surface area contributed by atoms with Crippen molar-refractivity contribution < 1.29 is 0 Å². The summed E-state index contributed by atoms with van der Waals surface area (Å²) in [6, 6.07) is 0. The molecular weight excluding hydrogens is 160 g/mol. The van der Waals surface area contributed by atoms with Crippen LogP contribution in [0, 0.1) is 0 Å². The summed E-state index contributed by atoms with van der Waals surface area (Å²) in [7, 11) is -1.02. The van der Waals surface area contributed by atoms with E-state index in [1.54, 1.807) is 0 Å². The third-order valence-electron chi connectivity index (χ3n) is 1.51. The van der Waals surface area contributed by atoms with E-state index in [1.165, 1.54) is 0 Å². The van der Waals surface area contributed by atoms with Crippen LogP contribution in [0.1, 0.15) is 0 Å². The highest BCUT2D eigenvalue weighted by Gasteiger charge is 2.20. The zero-order chi connectivity index (χ0) is 7.49. The first kappa shape index (κ1) is 12.6. The molecular formula is C8H17ClSi. The van der Waals surface area contributed by atoms with Crippen LogP contribution in [-0.4, -0.2) is 8.07 Å². The topological polar surface area (TPSA) is 0 Å². The number of rotatable bonds is 3. The largest absolute Gasteiger partial charge is 0.147 e. The van der Waals surface area contributed by atoms with E-state index >= 15 is 0 Å². The van der Waals surface area contributed by atoms with Crippen LogP contribution in [0.25, 0.3) is 0 Å². The van der Waals surface area contributed by atoms with Crippen LogP contribution in [0.2, 0.25) is 25.2 Å². The molecule has 0 bridgehead atoms. The van der Waals surface area contributed by atoms with E-state index < -0.39 is 8.07 Å². The predicted molar refractivity (Wildman–Crippen MR) is 54.7 cm³/mol. The van der Waals surface area contributed by atoms with Crippen LogP contribution >= 0.6 is 12.4 Å². The normalized spacial score (nSPS) is 10.4. The van der Waals surface area contributed by atoms with Crippen LogP contribution in [0.5, 0.6) is 0 Å².